The molecule has 0 unspecified atom stereocenters. The number of hydrogen-bond donors (Lipinski definition) is 0. The van der Waals surface area contributed by atoms with Crippen molar-refractivity contribution in [2.45, 2.75) is 371 Å². The Balaban J connectivity index is 0.000000573. The first-order valence-electron chi connectivity index (χ1n) is 35.9. The molecule has 0 saturated heterocycles. The minimum absolute atomic E-state index is 0. The van der Waals surface area contributed by atoms with Gasteiger partial charge in [-0.1, -0.05) is 347 Å². The number of unbranched alkanes of at least 4 members (excludes halogenated alkanes) is 44. The van der Waals surface area contributed by atoms with Gasteiger partial charge in [-0.15, -0.1) is 0 Å². The predicted octanol–water partition coefficient (Wildman–Crippen LogP) is 24.1. The molecule has 85 heavy (non-hydrogen) atoms. The van der Waals surface area contributed by atoms with Crippen molar-refractivity contribution in [3.63, 3.8) is 0 Å². The normalized spacial score (nSPS) is 11.8. The molecule has 4 rings (SSSR count). The number of aryl methyl sites for hydroxylation is 4. The summed E-state index contributed by atoms with van der Waals surface area (Å²) in [5.74, 6) is 0. The van der Waals surface area contributed by atoms with Crippen molar-refractivity contribution in [3.8, 4) is 0 Å². The van der Waals surface area contributed by atoms with Crippen molar-refractivity contribution >= 4 is 79.5 Å². The molecule has 0 spiro atoms. The van der Waals surface area contributed by atoms with E-state index in [9.17, 15) is 25.9 Å². The maximum absolute atomic E-state index is 12.1. The summed E-state index contributed by atoms with van der Waals surface area (Å²) in [5.41, 5.74) is 3.99. The first kappa shape index (κ1) is 79.6. The van der Waals surface area contributed by atoms with Crippen LogP contribution < -0.4 is 0 Å². The Morgan fingerprint density at radius 1 is 0.259 bits per heavy atom. The zero-order chi connectivity index (χ0) is 60.6. The monoisotopic (exact) mass is 1240 g/mol. The van der Waals surface area contributed by atoms with Gasteiger partial charge in [0.25, 0.3) is 0 Å². The SMILES string of the molecule is CCCCCCCCCCCCCCc1cc2c(CCCCCCCCCCCCCC)cccc2cc1S(=O)(=O)[O-].CCCCCCCCCCCCCCc1cc2c(CCCCCCCCCCCCCC)cccc2cc1S(=O)(=O)[O-].[Ca+2]. The fourth-order valence-corrected chi connectivity index (χ4v) is 14.3. The Labute approximate surface area is 555 Å². The van der Waals surface area contributed by atoms with Crippen LogP contribution in [0.3, 0.4) is 0 Å². The van der Waals surface area contributed by atoms with Crippen LogP contribution in [0.15, 0.2) is 70.5 Å². The van der Waals surface area contributed by atoms with Gasteiger partial charge in [0, 0.05) is 0 Å². The maximum Gasteiger partial charge on any atom is 2.00 e. The average molecular weight is 1240 g/mol. The van der Waals surface area contributed by atoms with Crippen LogP contribution in [0.25, 0.3) is 21.5 Å². The first-order chi connectivity index (χ1) is 40.9. The van der Waals surface area contributed by atoms with Crippen molar-refractivity contribution in [1.29, 1.82) is 0 Å². The molecule has 0 aromatic heterocycles. The Morgan fingerprint density at radius 3 is 0.647 bits per heavy atom. The summed E-state index contributed by atoms with van der Waals surface area (Å²) in [7, 11) is -8.99. The summed E-state index contributed by atoms with van der Waals surface area (Å²) in [6, 6.07) is 19.6. The van der Waals surface area contributed by atoms with E-state index in [2.05, 4.69) is 39.8 Å². The second kappa shape index (κ2) is 52.1. The molecule has 0 radical (unpaired) electrons. The molecule has 0 fully saturated rings. The van der Waals surface area contributed by atoms with Gasteiger partial charge < -0.3 is 9.11 Å². The zero-order valence-electron chi connectivity index (χ0n) is 55.5. The summed E-state index contributed by atoms with van der Waals surface area (Å²) in [4.78, 5) is -0.0267. The van der Waals surface area contributed by atoms with E-state index in [1.54, 1.807) is 12.1 Å². The summed E-state index contributed by atoms with van der Waals surface area (Å²) < 4.78 is 72.9. The molecular formula is C76H126CaO6S2. The van der Waals surface area contributed by atoms with Gasteiger partial charge in [0.1, 0.15) is 20.2 Å². The Bertz CT molecular complexity index is 2300. The van der Waals surface area contributed by atoms with Gasteiger partial charge in [0.15, 0.2) is 0 Å². The summed E-state index contributed by atoms with van der Waals surface area (Å²) in [5, 5.41) is 4.00. The van der Waals surface area contributed by atoms with Crippen molar-refractivity contribution in [2.24, 2.45) is 0 Å². The second-order valence-corrected chi connectivity index (χ2v) is 28.4. The van der Waals surface area contributed by atoms with Crippen LogP contribution in [0.5, 0.6) is 0 Å². The molecule has 0 bridgehead atoms. The fourth-order valence-electron chi connectivity index (χ4n) is 12.7. The fraction of sp³-hybridized carbons (Fsp3) is 0.737. The number of hydrogen-bond acceptors (Lipinski definition) is 6. The first-order valence-corrected chi connectivity index (χ1v) is 38.8. The van der Waals surface area contributed by atoms with Crippen LogP contribution in [-0.2, 0) is 45.9 Å². The quantitative estimate of drug-likeness (QED) is 0.0247. The van der Waals surface area contributed by atoms with E-state index in [-0.39, 0.29) is 47.5 Å². The predicted molar refractivity (Wildman–Crippen MR) is 369 cm³/mol. The average Bonchev–Trinajstić information content (AvgIpc) is 2.42. The molecule has 0 aliphatic heterocycles. The van der Waals surface area contributed by atoms with Crippen molar-refractivity contribution in [3.05, 3.63) is 82.9 Å². The number of rotatable bonds is 54. The van der Waals surface area contributed by atoms with E-state index in [4.69, 9.17) is 0 Å². The molecule has 9 heteroatoms. The van der Waals surface area contributed by atoms with E-state index in [0.29, 0.717) is 24.0 Å². The third-order valence-corrected chi connectivity index (χ3v) is 19.9. The third kappa shape index (κ3) is 38.1. The summed E-state index contributed by atoms with van der Waals surface area (Å²) >= 11 is 0. The molecule has 4 aromatic carbocycles. The van der Waals surface area contributed by atoms with Crippen LogP contribution in [0.2, 0.25) is 0 Å². The van der Waals surface area contributed by atoms with Crippen LogP contribution in [0.4, 0.5) is 0 Å². The van der Waals surface area contributed by atoms with E-state index in [1.165, 1.54) is 281 Å². The topological polar surface area (TPSA) is 114 Å². The van der Waals surface area contributed by atoms with Crippen molar-refractivity contribution in [1.82, 2.24) is 0 Å². The largest absolute Gasteiger partial charge is 2.00 e. The van der Waals surface area contributed by atoms with E-state index in [1.807, 2.05) is 36.4 Å². The maximum atomic E-state index is 12.1. The van der Waals surface area contributed by atoms with Crippen molar-refractivity contribution in [2.75, 3.05) is 0 Å². The molecule has 480 valence electrons. The summed E-state index contributed by atoms with van der Waals surface area (Å²) in [6.45, 7) is 9.07. The smallest absolute Gasteiger partial charge is 0.744 e. The van der Waals surface area contributed by atoms with Crippen LogP contribution >= 0.6 is 0 Å². The minimum Gasteiger partial charge on any atom is -0.744 e. The Morgan fingerprint density at radius 2 is 0.447 bits per heavy atom. The number of benzene rings is 4. The molecule has 0 atom stereocenters. The third-order valence-electron chi connectivity index (χ3n) is 18.0. The molecule has 4 aromatic rings. The molecule has 0 saturated carbocycles. The molecule has 0 heterocycles. The van der Waals surface area contributed by atoms with Crippen LogP contribution in [-0.4, -0.2) is 63.7 Å². The molecule has 0 N–H and O–H groups in total. The van der Waals surface area contributed by atoms with Gasteiger partial charge in [0.05, 0.1) is 9.79 Å². The van der Waals surface area contributed by atoms with Gasteiger partial charge >= 0.3 is 37.7 Å². The van der Waals surface area contributed by atoms with Gasteiger partial charge in [-0.05, 0) is 119 Å². The van der Waals surface area contributed by atoms with Crippen molar-refractivity contribution < 1.29 is 25.9 Å². The summed E-state index contributed by atoms with van der Waals surface area (Å²) in [6.07, 6.45) is 66.0. The minimum atomic E-state index is -4.49. The standard InChI is InChI=1S/2C38H64O3S.Ca/c2*1-3-5-7-9-11-13-15-17-19-21-23-25-28-34-30-27-31-35-33-38(42(39,40)41)36(32-37(34)35)29-26-24-22-20-18-16-14-12-10-8-6-4-2;/h2*27,30-33H,3-26,28-29H2,1-2H3,(H,39,40,41);/q;;+2/p-2. The molecule has 6 nitrogen and oxygen atoms in total. The van der Waals surface area contributed by atoms with Gasteiger partial charge in [-0.2, -0.15) is 0 Å². The molecule has 0 aliphatic rings. The van der Waals surface area contributed by atoms with Crippen LogP contribution in [0.1, 0.15) is 358 Å². The Hall–Kier alpha value is -1.52. The van der Waals surface area contributed by atoms with Crippen LogP contribution in [0, 0.1) is 0 Å². The van der Waals surface area contributed by atoms with Gasteiger partial charge in [0.2, 0.25) is 0 Å². The number of fused-ring (bicyclic) bond motifs is 2. The van der Waals surface area contributed by atoms with E-state index >= 15 is 0 Å². The Kier molecular flexibility index (Phi) is 48.8. The molecule has 0 amide bonds. The van der Waals surface area contributed by atoms with E-state index < -0.39 is 20.2 Å². The van der Waals surface area contributed by atoms with Gasteiger partial charge in [-0.25, -0.2) is 16.8 Å². The second-order valence-electron chi connectivity index (χ2n) is 25.7. The molecular weight excluding hydrogens is 1110 g/mol. The van der Waals surface area contributed by atoms with E-state index in [0.717, 1.165) is 72.9 Å². The molecule has 0 aliphatic carbocycles. The zero-order valence-corrected chi connectivity index (χ0v) is 59.4. The van der Waals surface area contributed by atoms with Gasteiger partial charge in [-0.3, -0.25) is 0 Å².